The summed E-state index contributed by atoms with van der Waals surface area (Å²) in [7, 11) is 3.30. The summed E-state index contributed by atoms with van der Waals surface area (Å²) in [6.45, 7) is 8.81. The molecule has 0 radical (unpaired) electrons. The van der Waals surface area contributed by atoms with Gasteiger partial charge in [-0.15, -0.1) is 0 Å². The monoisotopic (exact) mass is 522 g/mol. The Bertz CT molecular complexity index is 791. The third kappa shape index (κ3) is 13.5. The van der Waals surface area contributed by atoms with Gasteiger partial charge in [-0.05, 0) is 65.1 Å². The predicted molar refractivity (Wildman–Crippen MR) is 145 cm³/mol. The predicted octanol–water partition coefficient (Wildman–Crippen LogP) is 1.24. The maximum absolute atomic E-state index is 12.0. The molecule has 11 nitrogen and oxygen atoms in total. The van der Waals surface area contributed by atoms with E-state index in [0.717, 1.165) is 44.7 Å². The fourth-order valence-corrected chi connectivity index (χ4v) is 3.70. The lowest BCUT2D eigenvalue weighted by Crippen LogP contribution is -2.45. The van der Waals surface area contributed by atoms with Crippen molar-refractivity contribution in [2.45, 2.75) is 65.0 Å². The van der Waals surface area contributed by atoms with Crippen LogP contribution in [0.3, 0.4) is 0 Å². The Morgan fingerprint density at radius 3 is 2.19 bits per heavy atom. The fourth-order valence-electron chi connectivity index (χ4n) is 3.70. The van der Waals surface area contributed by atoms with Gasteiger partial charge < -0.3 is 36.6 Å². The number of fused-ring (bicyclic) bond motifs is 1. The van der Waals surface area contributed by atoms with Crippen molar-refractivity contribution in [1.29, 1.82) is 0 Å². The van der Waals surface area contributed by atoms with Gasteiger partial charge in [0.25, 0.3) is 0 Å². The Kier molecular flexibility index (Phi) is 18.0. The molecule has 37 heavy (non-hydrogen) atoms. The number of rotatable bonds is 6. The van der Waals surface area contributed by atoms with Crippen molar-refractivity contribution in [2.24, 2.45) is 11.5 Å². The number of urea groups is 1. The lowest BCUT2D eigenvalue weighted by molar-refractivity contribution is -0.131. The molecule has 210 valence electrons. The number of nitrogens with zero attached hydrogens (tertiary/aromatic N) is 2. The minimum Gasteiger partial charge on any atom is -0.493 e. The van der Waals surface area contributed by atoms with Crippen LogP contribution in [0, 0.1) is 0 Å². The number of ether oxygens (including phenoxy) is 1. The van der Waals surface area contributed by atoms with Crippen LogP contribution >= 0.6 is 0 Å². The molecule has 6 N–H and O–H groups in total. The van der Waals surface area contributed by atoms with Crippen LogP contribution in [0.1, 0.15) is 52.0 Å². The number of para-hydroxylation sites is 1. The highest BCUT2D eigenvalue weighted by Gasteiger charge is 2.24. The van der Waals surface area contributed by atoms with Crippen LogP contribution in [0.4, 0.5) is 4.79 Å². The van der Waals surface area contributed by atoms with E-state index < -0.39 is 0 Å². The van der Waals surface area contributed by atoms with E-state index in [4.69, 9.17) is 15.3 Å². The number of nitrogens with two attached hydrogens (primary N) is 2. The maximum atomic E-state index is 12.0. The molecule has 1 aromatic rings. The quantitative estimate of drug-likeness (QED) is 0.411. The van der Waals surface area contributed by atoms with Crippen molar-refractivity contribution in [3.8, 4) is 5.75 Å². The number of carbonyl (C=O) groups is 4. The largest absolute Gasteiger partial charge is 0.493 e. The number of carbonyl (C=O) groups excluding carboxylic acids is 4. The SMILES string of the molecule is CCN(C(=O)NC)C(C)CC(=O)N1CCCC1.CNC(C)C(N)=O.NC=O.c1ccc2c(c1)CCCO2. The van der Waals surface area contributed by atoms with Crippen LogP contribution in [0.25, 0.3) is 0 Å². The summed E-state index contributed by atoms with van der Waals surface area (Å²) in [5.74, 6) is 0.925. The zero-order valence-electron chi connectivity index (χ0n) is 23.0. The van der Waals surface area contributed by atoms with Gasteiger partial charge in [0.2, 0.25) is 18.2 Å². The van der Waals surface area contributed by atoms with Gasteiger partial charge in [-0.1, -0.05) is 18.2 Å². The molecule has 2 aliphatic heterocycles. The molecule has 0 bridgehead atoms. The summed E-state index contributed by atoms with van der Waals surface area (Å²) >= 11 is 0. The Hall–Kier alpha value is -3.34. The van der Waals surface area contributed by atoms with E-state index in [-0.39, 0.29) is 36.3 Å². The van der Waals surface area contributed by atoms with Crippen LogP contribution in [0.2, 0.25) is 0 Å². The van der Waals surface area contributed by atoms with Crippen molar-refractivity contribution >= 4 is 24.3 Å². The topological polar surface area (TPSA) is 160 Å². The van der Waals surface area contributed by atoms with Crippen LogP contribution in [0.15, 0.2) is 24.3 Å². The number of likely N-dealkylation sites (tertiary alicyclic amines) is 1. The van der Waals surface area contributed by atoms with Gasteiger partial charge in [-0.25, -0.2) is 4.79 Å². The first-order valence-electron chi connectivity index (χ1n) is 12.7. The highest BCUT2D eigenvalue weighted by atomic mass is 16.5. The van der Waals surface area contributed by atoms with Crippen molar-refractivity contribution in [1.82, 2.24) is 20.4 Å². The molecule has 0 aliphatic carbocycles. The second-order valence-electron chi connectivity index (χ2n) is 8.59. The van der Waals surface area contributed by atoms with Crippen LogP contribution in [-0.2, 0) is 20.8 Å². The van der Waals surface area contributed by atoms with Crippen molar-refractivity contribution in [2.75, 3.05) is 40.3 Å². The Labute approximate surface area is 221 Å². The molecule has 2 atom stereocenters. The van der Waals surface area contributed by atoms with Crippen LogP contribution in [-0.4, -0.2) is 86.5 Å². The van der Waals surface area contributed by atoms with Crippen LogP contribution in [0.5, 0.6) is 5.75 Å². The molecule has 0 saturated carbocycles. The average Bonchev–Trinajstić information content (AvgIpc) is 3.45. The Morgan fingerprint density at radius 1 is 1.14 bits per heavy atom. The third-order valence-corrected chi connectivity index (χ3v) is 5.96. The second-order valence-corrected chi connectivity index (χ2v) is 8.59. The Morgan fingerprint density at radius 2 is 1.73 bits per heavy atom. The number of nitrogens with one attached hydrogen (secondary N) is 2. The van der Waals surface area contributed by atoms with Gasteiger partial charge in [0, 0.05) is 39.1 Å². The lowest BCUT2D eigenvalue weighted by Gasteiger charge is -2.28. The van der Waals surface area contributed by atoms with Gasteiger partial charge >= 0.3 is 6.03 Å². The van der Waals surface area contributed by atoms with Crippen molar-refractivity contribution in [3.63, 3.8) is 0 Å². The van der Waals surface area contributed by atoms with Crippen LogP contribution < -0.4 is 26.8 Å². The van der Waals surface area contributed by atoms with E-state index in [1.54, 1.807) is 25.9 Å². The van der Waals surface area contributed by atoms with Crippen molar-refractivity contribution < 1.29 is 23.9 Å². The zero-order chi connectivity index (χ0) is 28.2. The number of benzene rings is 1. The molecule has 1 saturated heterocycles. The number of hydrogen-bond acceptors (Lipinski definition) is 6. The standard InChI is InChI=1S/C12H23N3O2.C9H10O.C4H10N2O.CH3NO/c1-4-15(12(17)13-3)10(2)9-11(16)14-7-5-6-8-14;1-2-6-9-8(4-1)5-3-7-10-9;1-3(6-2)4(5)7;2-1-3/h10H,4-9H2,1-3H3,(H,13,17);1-2,4,6H,3,5,7H2;3,6H,1-2H3,(H2,5,7);1H,(H2,2,3). The van der Waals surface area contributed by atoms with Gasteiger partial charge in [-0.3, -0.25) is 14.4 Å². The number of primary amides is 2. The number of likely N-dealkylation sites (N-methyl/N-ethyl adjacent to an activating group) is 1. The van der Waals surface area contributed by atoms with Gasteiger partial charge in [0.05, 0.1) is 12.6 Å². The average molecular weight is 523 g/mol. The first kappa shape index (κ1) is 33.7. The van der Waals surface area contributed by atoms with E-state index in [1.165, 1.54) is 12.0 Å². The van der Waals surface area contributed by atoms with Gasteiger partial charge in [-0.2, -0.15) is 0 Å². The molecule has 5 amide bonds. The van der Waals surface area contributed by atoms with Crippen molar-refractivity contribution in [3.05, 3.63) is 29.8 Å². The molecule has 1 fully saturated rings. The number of aryl methyl sites for hydroxylation is 1. The van der Waals surface area contributed by atoms with E-state index in [9.17, 15) is 14.4 Å². The van der Waals surface area contributed by atoms with E-state index >= 15 is 0 Å². The lowest BCUT2D eigenvalue weighted by atomic mass is 10.1. The summed E-state index contributed by atoms with van der Waals surface area (Å²) in [6.07, 6.45) is 5.22. The summed E-state index contributed by atoms with van der Waals surface area (Å²) < 4.78 is 5.42. The normalized spacial score (nSPS) is 14.8. The second kappa shape index (κ2) is 19.8. The summed E-state index contributed by atoms with van der Waals surface area (Å²) in [6, 6.07) is 7.88. The number of amides is 5. The molecule has 11 heteroatoms. The highest BCUT2D eigenvalue weighted by Crippen LogP contribution is 2.23. The highest BCUT2D eigenvalue weighted by molar-refractivity contribution is 5.79. The minimum absolute atomic E-state index is 0.0481. The molecule has 2 aliphatic rings. The van der Waals surface area contributed by atoms with Gasteiger partial charge in [0.1, 0.15) is 5.75 Å². The van der Waals surface area contributed by atoms with E-state index in [1.807, 2.05) is 30.9 Å². The molecular weight excluding hydrogens is 476 g/mol. The minimum atomic E-state index is -0.317. The zero-order valence-corrected chi connectivity index (χ0v) is 23.0. The molecule has 2 heterocycles. The first-order valence-corrected chi connectivity index (χ1v) is 12.7. The fraction of sp³-hybridized carbons (Fsp3) is 0.615. The molecule has 0 spiro atoms. The summed E-state index contributed by atoms with van der Waals surface area (Å²) in [5, 5.41) is 5.29. The molecule has 1 aromatic carbocycles. The summed E-state index contributed by atoms with van der Waals surface area (Å²) in [5.41, 5.74) is 10.4. The molecule has 2 unspecified atom stereocenters. The molecular formula is C26H46N6O5. The first-order chi connectivity index (χ1) is 17.7. The Balaban J connectivity index is 0.000000546. The number of hydrogen-bond donors (Lipinski definition) is 4. The van der Waals surface area contributed by atoms with E-state index in [2.05, 4.69) is 28.5 Å². The molecule has 0 aromatic heterocycles. The van der Waals surface area contributed by atoms with E-state index in [0.29, 0.717) is 13.0 Å². The third-order valence-electron chi connectivity index (χ3n) is 5.96. The van der Waals surface area contributed by atoms with Gasteiger partial charge in [0.15, 0.2) is 0 Å². The molecule has 3 rings (SSSR count). The summed E-state index contributed by atoms with van der Waals surface area (Å²) in [4.78, 5) is 45.8. The smallest absolute Gasteiger partial charge is 0.317 e. The maximum Gasteiger partial charge on any atom is 0.317 e.